The van der Waals surface area contributed by atoms with Gasteiger partial charge in [0.2, 0.25) is 16.4 Å². The molecule has 2 unspecified atom stereocenters. The molecule has 0 radical (unpaired) electrons. The topological polar surface area (TPSA) is 55.4 Å². The van der Waals surface area contributed by atoms with E-state index in [0.29, 0.717) is 18.4 Å². The van der Waals surface area contributed by atoms with Crippen LogP contribution in [0.25, 0.3) is 0 Å². The van der Waals surface area contributed by atoms with Crippen molar-refractivity contribution in [3.63, 3.8) is 0 Å². The smallest absolute Gasteiger partial charge is 0.246 e. The number of alkyl halides is 2. The van der Waals surface area contributed by atoms with Gasteiger partial charge in [0.25, 0.3) is 0 Å². The summed E-state index contributed by atoms with van der Waals surface area (Å²) in [5.74, 6) is -0.120. The zero-order chi connectivity index (χ0) is 16.7. The van der Waals surface area contributed by atoms with Crippen LogP contribution in [0.5, 0.6) is 0 Å². The van der Waals surface area contributed by atoms with E-state index in [0.717, 1.165) is 5.56 Å². The summed E-state index contributed by atoms with van der Waals surface area (Å²) < 4.78 is 58.9. The minimum absolute atomic E-state index is 0.0181. The van der Waals surface area contributed by atoms with Gasteiger partial charge in [0.1, 0.15) is 0 Å². The van der Waals surface area contributed by atoms with Gasteiger partial charge in [0.05, 0.1) is 23.4 Å². The Morgan fingerprint density at radius 3 is 2.70 bits per heavy atom. The first-order chi connectivity index (χ1) is 10.7. The lowest BCUT2D eigenvalue weighted by Gasteiger charge is -2.28. The monoisotopic (exact) mass is 345 g/mol. The lowest BCUT2D eigenvalue weighted by molar-refractivity contribution is -0.0628. The molecule has 23 heavy (non-hydrogen) atoms. The molecule has 2 fully saturated rings. The van der Waals surface area contributed by atoms with Crippen LogP contribution in [0.1, 0.15) is 30.4 Å². The molecule has 0 amide bonds. The molecule has 128 valence electrons. The number of hydrogen-bond acceptors (Lipinski definition) is 3. The van der Waals surface area contributed by atoms with Gasteiger partial charge in [-0.15, -0.1) is 0 Å². The molecule has 2 atom stereocenters. The van der Waals surface area contributed by atoms with Gasteiger partial charge < -0.3 is 4.74 Å². The third-order valence-corrected chi connectivity index (χ3v) is 6.23. The van der Waals surface area contributed by atoms with Crippen molar-refractivity contribution < 1.29 is 21.9 Å². The molecular formula is C16H21F2NO3S. The molecular weight excluding hydrogens is 324 g/mol. The number of hydrogen-bond donors (Lipinski definition) is 1. The van der Waals surface area contributed by atoms with E-state index in [-0.39, 0.29) is 25.3 Å². The molecule has 3 rings (SSSR count). The van der Waals surface area contributed by atoms with Crippen molar-refractivity contribution >= 4 is 10.0 Å². The lowest BCUT2D eigenvalue weighted by Crippen LogP contribution is -2.42. The number of halogens is 2. The van der Waals surface area contributed by atoms with E-state index >= 15 is 0 Å². The quantitative estimate of drug-likeness (QED) is 0.862. The first-order valence-corrected chi connectivity index (χ1v) is 9.35. The van der Waals surface area contributed by atoms with Gasteiger partial charge in [0.15, 0.2) is 0 Å². The van der Waals surface area contributed by atoms with Crippen LogP contribution in [0.15, 0.2) is 24.3 Å². The molecule has 4 nitrogen and oxygen atoms in total. The second-order valence-corrected chi connectivity index (χ2v) is 8.69. The fourth-order valence-corrected chi connectivity index (χ4v) is 4.81. The van der Waals surface area contributed by atoms with Crippen LogP contribution >= 0.6 is 0 Å². The van der Waals surface area contributed by atoms with Crippen LogP contribution in [0.3, 0.4) is 0 Å². The third-order valence-electron chi connectivity index (χ3n) is 4.93. The van der Waals surface area contributed by atoms with Gasteiger partial charge in [-0.05, 0) is 31.7 Å². The van der Waals surface area contributed by atoms with Gasteiger partial charge >= 0.3 is 0 Å². The summed E-state index contributed by atoms with van der Waals surface area (Å²) in [4.78, 5) is 0. The summed E-state index contributed by atoms with van der Waals surface area (Å²) in [6.45, 7) is 1.98. The maximum absolute atomic E-state index is 13.2. The van der Waals surface area contributed by atoms with Crippen LogP contribution in [-0.2, 0) is 20.5 Å². The van der Waals surface area contributed by atoms with Crippen molar-refractivity contribution in [1.29, 1.82) is 0 Å². The normalized spacial score (nSPS) is 30.3. The second-order valence-electron chi connectivity index (χ2n) is 6.88. The lowest BCUT2D eigenvalue weighted by atomic mass is 9.88. The molecule has 1 saturated heterocycles. The summed E-state index contributed by atoms with van der Waals surface area (Å²) in [5, 5.41) is 0. The Bertz CT molecular complexity index is 682. The van der Waals surface area contributed by atoms with E-state index in [1.54, 1.807) is 6.07 Å². The van der Waals surface area contributed by atoms with Crippen molar-refractivity contribution in [3.05, 3.63) is 35.4 Å². The van der Waals surface area contributed by atoms with Gasteiger partial charge in [-0.1, -0.05) is 29.8 Å². The summed E-state index contributed by atoms with van der Waals surface area (Å²) >= 11 is 0. The maximum atomic E-state index is 13.2. The second kappa shape index (κ2) is 5.79. The van der Waals surface area contributed by atoms with Gasteiger partial charge in [-0.3, -0.25) is 0 Å². The van der Waals surface area contributed by atoms with E-state index in [2.05, 4.69) is 4.72 Å². The number of rotatable bonds is 6. The molecule has 2 aliphatic rings. The number of fused-ring (bicyclic) bond motifs is 2. The Kier molecular flexibility index (Phi) is 4.23. The summed E-state index contributed by atoms with van der Waals surface area (Å²) in [6, 6.07) is 7.29. The molecule has 7 heteroatoms. The molecule has 1 heterocycles. The molecule has 1 aromatic carbocycles. The highest BCUT2D eigenvalue weighted by Crippen LogP contribution is 2.55. The van der Waals surface area contributed by atoms with Crippen LogP contribution in [-0.4, -0.2) is 33.6 Å². The number of nitrogens with one attached hydrogen (secondary N) is 1. The predicted molar refractivity (Wildman–Crippen MR) is 82.8 cm³/mol. The Hall–Kier alpha value is -1.05. The third kappa shape index (κ3) is 3.41. The fraction of sp³-hybridized carbons (Fsp3) is 0.625. The number of sulfonamides is 1. The number of ether oxygens (including phenoxy) is 1. The minimum atomic E-state index is -3.53. The molecule has 1 aliphatic carbocycles. The van der Waals surface area contributed by atoms with Gasteiger partial charge in [0, 0.05) is 6.54 Å². The van der Waals surface area contributed by atoms with Crippen LogP contribution < -0.4 is 4.72 Å². The first kappa shape index (κ1) is 16.8. The highest BCUT2D eigenvalue weighted by molar-refractivity contribution is 7.88. The minimum Gasteiger partial charge on any atom is -0.373 e. The van der Waals surface area contributed by atoms with E-state index in [1.807, 2.05) is 25.1 Å². The van der Waals surface area contributed by atoms with E-state index < -0.39 is 27.5 Å². The summed E-state index contributed by atoms with van der Waals surface area (Å²) in [7, 11) is -3.53. The van der Waals surface area contributed by atoms with Crippen LogP contribution in [0, 0.1) is 12.3 Å². The Morgan fingerprint density at radius 1 is 1.35 bits per heavy atom. The van der Waals surface area contributed by atoms with Crippen molar-refractivity contribution in [2.45, 2.75) is 44.0 Å². The standard InChI is InChI=1S/C16H21F2NO3S/c1-12-3-2-4-13(7-12)8-23(20,21)19-10-16-6-5-15(9-16,11-22-16)14(17)18/h2-4,7,14,19H,5-6,8-11H2,1H3. The molecule has 0 aromatic heterocycles. The van der Waals surface area contributed by atoms with Crippen LogP contribution in [0.4, 0.5) is 8.78 Å². The number of benzene rings is 1. The highest BCUT2D eigenvalue weighted by Gasteiger charge is 2.60. The Labute approximate surface area is 135 Å². The molecule has 0 spiro atoms. The fourth-order valence-electron chi connectivity index (χ4n) is 3.60. The average molecular weight is 345 g/mol. The number of aryl methyl sites for hydroxylation is 1. The van der Waals surface area contributed by atoms with Crippen molar-refractivity contribution in [2.24, 2.45) is 5.41 Å². The van der Waals surface area contributed by atoms with Crippen molar-refractivity contribution in [1.82, 2.24) is 4.72 Å². The maximum Gasteiger partial charge on any atom is 0.246 e. The van der Waals surface area contributed by atoms with E-state index in [9.17, 15) is 17.2 Å². The molecule has 1 N–H and O–H groups in total. The SMILES string of the molecule is Cc1cccc(CS(=O)(=O)NCC23CCC(C(F)F)(CO2)C3)c1. The zero-order valence-electron chi connectivity index (χ0n) is 13.0. The predicted octanol–water partition coefficient (Wildman–Crippen LogP) is 2.62. The van der Waals surface area contributed by atoms with E-state index in [1.165, 1.54) is 0 Å². The molecule has 1 saturated carbocycles. The first-order valence-electron chi connectivity index (χ1n) is 7.69. The van der Waals surface area contributed by atoms with Crippen molar-refractivity contribution in [2.75, 3.05) is 13.2 Å². The summed E-state index contributed by atoms with van der Waals surface area (Å²) in [6.07, 6.45) is -1.32. The van der Waals surface area contributed by atoms with Crippen molar-refractivity contribution in [3.8, 4) is 0 Å². The molecule has 1 aromatic rings. The van der Waals surface area contributed by atoms with Gasteiger partial charge in [-0.25, -0.2) is 21.9 Å². The molecule has 2 bridgehead atoms. The van der Waals surface area contributed by atoms with Crippen LogP contribution in [0.2, 0.25) is 0 Å². The Balaban J connectivity index is 1.62. The largest absolute Gasteiger partial charge is 0.373 e. The summed E-state index contributed by atoms with van der Waals surface area (Å²) in [5.41, 5.74) is -0.151. The average Bonchev–Trinajstić information content (AvgIpc) is 3.03. The van der Waals surface area contributed by atoms with Gasteiger partial charge in [-0.2, -0.15) is 0 Å². The van der Waals surface area contributed by atoms with E-state index in [4.69, 9.17) is 4.74 Å². The Morgan fingerprint density at radius 2 is 2.13 bits per heavy atom. The zero-order valence-corrected chi connectivity index (χ0v) is 13.8. The molecule has 1 aliphatic heterocycles. The highest BCUT2D eigenvalue weighted by atomic mass is 32.2.